The number of carbonyl (C=O) groups excluding carboxylic acids is 18. The second kappa shape index (κ2) is 62.5. The number of esters is 6. The number of amides is 12. The Morgan fingerprint density at radius 2 is 0.558 bits per heavy atom. The minimum absolute atomic E-state index is 0.0668. The highest BCUT2D eigenvalue weighted by Crippen LogP contribution is 2.14. The lowest BCUT2D eigenvalue weighted by Crippen LogP contribution is -2.35. The minimum Gasteiger partial charge on any atom is -0.478 e. The Bertz CT molecular complexity index is 3450. The molecule has 0 radical (unpaired) electrons. The summed E-state index contributed by atoms with van der Waals surface area (Å²) < 4.78 is 27.8. The van der Waals surface area contributed by atoms with Crippen LogP contribution in [0.5, 0.6) is 0 Å². The first kappa shape index (κ1) is 105. The summed E-state index contributed by atoms with van der Waals surface area (Å²) in [4.78, 5) is 232. The molecule has 0 bridgehead atoms. The van der Waals surface area contributed by atoms with Gasteiger partial charge in [-0.15, -0.1) is 0 Å². The van der Waals surface area contributed by atoms with E-state index in [9.17, 15) is 95.9 Å². The summed E-state index contributed by atoms with van der Waals surface area (Å²) in [7, 11) is 2.46. The highest BCUT2D eigenvalue weighted by molar-refractivity contribution is 5.96. The zero-order valence-electron chi connectivity index (χ0n) is 69.0. The van der Waals surface area contributed by atoms with E-state index >= 15 is 0 Å². The SMILES string of the molecule is C=C(C)C(=O)NCCN1CCCC1=O.C=C(C)C(=O)OCCN1CCCC1=O.C=CC(=O)NCCN1CCCC1=O.C=CC(=O)OCCN1CCCC1=O.COC(=O)C=CC(=O)NCCN1CCCC1=O.COC(=O)C=CC(=O)OCCN1CCCC1=O.O=C(O)C=CC(=O)NCCN1CCCC1=O.O=C(O)C=CC(=O)OCCN1CCCC1=O. The Hall–Kier alpha value is -12.7. The second-order valence-corrected chi connectivity index (χ2v) is 26.7. The van der Waals surface area contributed by atoms with Crippen LogP contribution in [0, 0.1) is 0 Å². The van der Waals surface area contributed by atoms with Crippen LogP contribution in [0.15, 0.2) is 98.2 Å². The van der Waals surface area contributed by atoms with Gasteiger partial charge in [0, 0.05) is 222 Å². The van der Waals surface area contributed by atoms with E-state index in [-0.39, 0.29) is 91.4 Å². The highest BCUT2D eigenvalue weighted by Gasteiger charge is 2.26. The third kappa shape index (κ3) is 50.1. The fraction of sp³-hybridized carbons (Fsp3) is 0.550. The third-order valence-corrected chi connectivity index (χ3v) is 17.4. The number of carboxylic acids is 2. The first-order valence-electron chi connectivity index (χ1n) is 39.1. The first-order valence-corrected chi connectivity index (χ1v) is 39.1. The number of rotatable bonds is 36. The molecule has 0 aromatic carbocycles. The second-order valence-electron chi connectivity index (χ2n) is 26.7. The molecule has 0 aromatic heterocycles. The fourth-order valence-electron chi connectivity index (χ4n) is 11.1. The van der Waals surface area contributed by atoms with E-state index in [1.54, 1.807) is 53.0 Å². The van der Waals surface area contributed by atoms with Crippen molar-refractivity contribution in [2.24, 2.45) is 0 Å². The lowest BCUT2D eigenvalue weighted by atomic mass is 10.3. The maximum atomic E-state index is 11.2. The summed E-state index contributed by atoms with van der Waals surface area (Å²) in [6.07, 6.45) is 21.7. The van der Waals surface area contributed by atoms with Crippen molar-refractivity contribution in [3.63, 3.8) is 0 Å². The Balaban J connectivity index is 0.000000687. The van der Waals surface area contributed by atoms with Crippen LogP contribution in [0.4, 0.5) is 0 Å². The van der Waals surface area contributed by atoms with Gasteiger partial charge in [0.25, 0.3) is 0 Å². The number of ether oxygens (including phenoxy) is 6. The average Bonchev–Trinajstić information content (AvgIpc) is 1.83. The maximum absolute atomic E-state index is 11.2. The fourth-order valence-corrected chi connectivity index (χ4v) is 11.1. The Morgan fingerprint density at radius 1 is 0.317 bits per heavy atom. The van der Waals surface area contributed by atoms with Gasteiger partial charge in [-0.1, -0.05) is 26.3 Å². The van der Waals surface area contributed by atoms with Crippen LogP contribution in [0.2, 0.25) is 0 Å². The largest absolute Gasteiger partial charge is 0.478 e. The smallest absolute Gasteiger partial charge is 0.333 e. The Morgan fingerprint density at radius 3 is 0.817 bits per heavy atom. The van der Waals surface area contributed by atoms with Crippen LogP contribution < -0.4 is 21.3 Å². The zero-order valence-corrected chi connectivity index (χ0v) is 69.0. The molecule has 120 heavy (non-hydrogen) atoms. The molecule has 0 spiro atoms. The summed E-state index contributed by atoms with van der Waals surface area (Å²) in [6, 6.07) is 0. The van der Waals surface area contributed by atoms with Gasteiger partial charge in [0.15, 0.2) is 0 Å². The van der Waals surface area contributed by atoms with Crippen molar-refractivity contribution in [1.29, 1.82) is 0 Å². The molecule has 8 heterocycles. The molecular weight excluding hydrogens is 1580 g/mol. The summed E-state index contributed by atoms with van der Waals surface area (Å²) in [5.74, 6) is -5.82. The number of carboxylic acid groups (broad SMARTS) is 2. The standard InChI is InChI=1S/C11H16N2O4.C11H15NO5.C10H14N2O4.C10H16N2O2.C10H13NO5.C10H15NO3.C9H14N2O2.C9H13NO3/c1-17-11(16)5-4-9(14)12-6-8-13-7-2-3-10(13)15;1-16-10(14)4-5-11(15)17-8-7-12-6-2-3-9(12)13;13-8(3-4-10(15)16)11-5-7-12-6-1-2-9(12)14;1-8(2)10(14)11-5-7-12-6-3-4-9(12)13;12-8-2-1-5-11(8)6-7-16-10(15)4-3-9(13)14;1-8(2)10(13)14-7-6-11-5-3-4-9(11)12;1-2-8(12)10-5-7-11-6-3-4-9(11)13;1-2-9(12)13-7-6-10-5-3-4-8(10)11/h4-5H,2-3,6-8H2,1H3,(H,12,14);4-5H,2-3,6-8H2,1H3;3-4H,1-2,5-7H2,(H,11,13)(H,15,16);1,3-7H2,2H3,(H,11,14);3-4H,1-2,5-7H2,(H,13,14);1,3-7H2,2H3;2H,1,3-7H2,(H,10,12);2H,1,3-7H2. The van der Waals surface area contributed by atoms with Gasteiger partial charge in [0.05, 0.1) is 40.4 Å². The van der Waals surface area contributed by atoms with Crippen molar-refractivity contribution in [3.05, 3.63) is 98.2 Å². The van der Waals surface area contributed by atoms with Crippen LogP contribution in [-0.2, 0) is 124 Å². The quantitative estimate of drug-likeness (QED) is 0.0268. The number of methoxy groups -OCH3 is 2. The number of nitrogens with one attached hydrogen (secondary N) is 4. The molecule has 6 N–H and O–H groups in total. The molecule has 40 nitrogen and oxygen atoms in total. The van der Waals surface area contributed by atoms with Crippen LogP contribution in [-0.4, -0.2) is 340 Å². The van der Waals surface area contributed by atoms with Crippen molar-refractivity contribution in [2.45, 2.75) is 117 Å². The van der Waals surface area contributed by atoms with Crippen LogP contribution >= 0.6 is 0 Å². The van der Waals surface area contributed by atoms with Gasteiger partial charge in [0.1, 0.15) is 26.4 Å². The van der Waals surface area contributed by atoms with Gasteiger partial charge in [0.2, 0.25) is 70.9 Å². The summed E-state index contributed by atoms with van der Waals surface area (Å²) in [6.45, 7) is 29.4. The highest BCUT2D eigenvalue weighted by atomic mass is 16.6. The van der Waals surface area contributed by atoms with Crippen LogP contribution in [0.3, 0.4) is 0 Å². The van der Waals surface area contributed by atoms with Crippen LogP contribution in [0.25, 0.3) is 0 Å². The maximum Gasteiger partial charge on any atom is 0.333 e. The lowest BCUT2D eigenvalue weighted by molar-refractivity contribution is -0.141. The molecule has 0 atom stereocenters. The number of hydrogen-bond acceptors (Lipinski definition) is 26. The molecule has 0 aromatic rings. The molecule has 0 saturated carbocycles. The van der Waals surface area contributed by atoms with Gasteiger partial charge in [-0.25, -0.2) is 38.4 Å². The number of carbonyl (C=O) groups is 20. The molecule has 8 aliphatic heterocycles. The zero-order chi connectivity index (χ0) is 89.7. The van der Waals surface area contributed by atoms with E-state index in [0.29, 0.717) is 160 Å². The van der Waals surface area contributed by atoms with Crippen LogP contribution in [0.1, 0.15) is 117 Å². The molecular formula is C80H116N12O28. The van der Waals surface area contributed by atoms with E-state index in [4.69, 9.17) is 29.2 Å². The van der Waals surface area contributed by atoms with Crippen molar-refractivity contribution < 1.29 is 135 Å². The van der Waals surface area contributed by atoms with Crippen molar-refractivity contribution in [1.82, 2.24) is 60.5 Å². The number of nitrogens with zero attached hydrogens (tertiary/aromatic N) is 8. The number of aliphatic carboxylic acids is 2. The van der Waals surface area contributed by atoms with Gasteiger partial charge in [-0.2, -0.15) is 0 Å². The lowest BCUT2D eigenvalue weighted by Gasteiger charge is -2.15. The first-order chi connectivity index (χ1) is 57.1. The molecule has 0 unspecified atom stereocenters. The summed E-state index contributed by atoms with van der Waals surface area (Å²) >= 11 is 0. The van der Waals surface area contributed by atoms with E-state index in [1.807, 2.05) is 0 Å². The monoisotopic (exact) mass is 1690 g/mol. The normalized spacial score (nSPS) is 15.7. The molecule has 8 rings (SSSR count). The predicted molar refractivity (Wildman–Crippen MR) is 428 cm³/mol. The van der Waals surface area contributed by atoms with E-state index in [0.717, 1.165) is 139 Å². The third-order valence-electron chi connectivity index (χ3n) is 17.4. The average molecular weight is 1690 g/mol. The minimum atomic E-state index is -1.20. The summed E-state index contributed by atoms with van der Waals surface area (Å²) in [5, 5.41) is 26.9. The molecule has 8 fully saturated rings. The van der Waals surface area contributed by atoms with Gasteiger partial charge < -0.3 is 99.1 Å². The molecule has 8 saturated heterocycles. The molecule has 40 heteroatoms. The van der Waals surface area contributed by atoms with Crippen molar-refractivity contribution in [2.75, 3.05) is 172 Å². The van der Waals surface area contributed by atoms with E-state index < -0.39 is 53.7 Å². The topological polar surface area (TPSA) is 511 Å². The van der Waals surface area contributed by atoms with Gasteiger partial charge >= 0.3 is 47.8 Å². The van der Waals surface area contributed by atoms with E-state index in [1.165, 1.54) is 20.3 Å². The predicted octanol–water partition coefficient (Wildman–Crippen LogP) is -0.228. The Kier molecular flexibility index (Phi) is 54.9. The van der Waals surface area contributed by atoms with Crippen molar-refractivity contribution >= 4 is 119 Å². The molecule has 8 aliphatic rings. The van der Waals surface area contributed by atoms with Gasteiger partial charge in [-0.3, -0.25) is 57.5 Å². The number of likely N-dealkylation sites (tertiary alicyclic amines) is 8. The molecule has 664 valence electrons. The number of hydrogen-bond donors (Lipinski definition) is 6. The summed E-state index contributed by atoms with van der Waals surface area (Å²) in [5.41, 5.74) is 0.885. The Labute approximate surface area is 697 Å². The van der Waals surface area contributed by atoms with E-state index in [2.05, 4.69) is 57.1 Å². The van der Waals surface area contributed by atoms with Gasteiger partial charge in [-0.05, 0) is 71.3 Å². The van der Waals surface area contributed by atoms with Crippen molar-refractivity contribution in [3.8, 4) is 0 Å². The molecule has 0 aliphatic carbocycles. The molecule has 12 amide bonds.